The lowest BCUT2D eigenvalue weighted by Crippen LogP contribution is -2.13. The van der Waals surface area contributed by atoms with Crippen molar-refractivity contribution in [3.8, 4) is 0 Å². The van der Waals surface area contributed by atoms with Gasteiger partial charge >= 0.3 is 0 Å². The number of fused-ring (bicyclic) bond motifs is 1. The van der Waals surface area contributed by atoms with Crippen molar-refractivity contribution < 1.29 is 12.6 Å². The van der Waals surface area contributed by atoms with Crippen LogP contribution in [0.25, 0.3) is 0 Å². The Morgan fingerprint density at radius 3 is 2.88 bits per heavy atom. The van der Waals surface area contributed by atoms with Crippen molar-refractivity contribution in [3.05, 3.63) is 35.4 Å². The minimum Gasteiger partial charge on any atom is -0.270 e. The first-order valence-corrected chi connectivity index (χ1v) is 7.80. The van der Waals surface area contributed by atoms with Gasteiger partial charge in [0.25, 0.3) is 10.1 Å². The molecule has 0 aromatic heterocycles. The summed E-state index contributed by atoms with van der Waals surface area (Å²) in [5.74, 6) is 0.446. The number of rotatable bonds is 4. The van der Waals surface area contributed by atoms with E-state index in [0.717, 1.165) is 25.5 Å². The van der Waals surface area contributed by atoms with Crippen LogP contribution in [-0.4, -0.2) is 21.3 Å². The second-order valence-corrected chi connectivity index (χ2v) is 6.25. The van der Waals surface area contributed by atoms with Gasteiger partial charge in [-0.05, 0) is 42.7 Å². The fourth-order valence-electron chi connectivity index (χ4n) is 2.50. The fraction of sp³-hybridized carbons (Fsp3) is 0.538. The van der Waals surface area contributed by atoms with Crippen LogP contribution >= 0.6 is 0 Å². The Morgan fingerprint density at radius 2 is 2.12 bits per heavy atom. The third-order valence-corrected chi connectivity index (χ3v) is 3.85. The smallest absolute Gasteiger partial charge is 0.264 e. The molecule has 0 heterocycles. The van der Waals surface area contributed by atoms with Crippen LogP contribution in [0.4, 0.5) is 0 Å². The maximum Gasteiger partial charge on any atom is 0.264 e. The van der Waals surface area contributed by atoms with Crippen molar-refractivity contribution in [2.45, 2.75) is 31.6 Å². The van der Waals surface area contributed by atoms with Gasteiger partial charge in [0.15, 0.2) is 0 Å². The summed E-state index contributed by atoms with van der Waals surface area (Å²) in [6.07, 6.45) is 5.33. The molecule has 1 aromatic carbocycles. The fourth-order valence-corrected chi connectivity index (χ4v) is 2.90. The van der Waals surface area contributed by atoms with Gasteiger partial charge in [-0.15, -0.1) is 0 Å². The predicted octanol–water partition coefficient (Wildman–Crippen LogP) is 2.47. The van der Waals surface area contributed by atoms with E-state index in [0.29, 0.717) is 5.92 Å². The third-order valence-electron chi connectivity index (χ3n) is 3.26. The maximum absolute atomic E-state index is 10.9. The molecule has 2 rings (SSSR count). The van der Waals surface area contributed by atoms with E-state index in [4.69, 9.17) is 4.18 Å². The highest BCUT2D eigenvalue weighted by molar-refractivity contribution is 7.85. The van der Waals surface area contributed by atoms with Gasteiger partial charge in [0.1, 0.15) is 0 Å². The lowest BCUT2D eigenvalue weighted by Gasteiger charge is -2.25. The molecule has 1 atom stereocenters. The standard InChI is InChI=1S/C13H18O3S/c1-17(14,15)16-10-9-12-7-4-6-11-5-2-3-8-13(11)12/h2-3,5,8,12H,4,6-7,9-10H2,1H3. The molecule has 4 heteroatoms. The first kappa shape index (κ1) is 12.6. The molecular formula is C13H18O3S. The Balaban J connectivity index is 1.99. The topological polar surface area (TPSA) is 43.4 Å². The van der Waals surface area contributed by atoms with E-state index in [9.17, 15) is 8.42 Å². The first-order valence-electron chi connectivity index (χ1n) is 5.98. The Kier molecular flexibility index (Phi) is 3.84. The second kappa shape index (κ2) is 5.19. The van der Waals surface area contributed by atoms with E-state index in [1.807, 2.05) is 0 Å². The van der Waals surface area contributed by atoms with Crippen LogP contribution in [0.1, 0.15) is 36.3 Å². The Morgan fingerprint density at radius 1 is 1.35 bits per heavy atom. The Hall–Kier alpha value is -0.870. The number of hydrogen-bond donors (Lipinski definition) is 0. The van der Waals surface area contributed by atoms with Gasteiger partial charge in [-0.25, -0.2) is 0 Å². The van der Waals surface area contributed by atoms with Gasteiger partial charge in [0.2, 0.25) is 0 Å². The average Bonchev–Trinajstić information content (AvgIpc) is 2.28. The molecule has 0 saturated carbocycles. The second-order valence-electron chi connectivity index (χ2n) is 4.60. The van der Waals surface area contributed by atoms with Crippen LogP contribution in [0.15, 0.2) is 24.3 Å². The van der Waals surface area contributed by atoms with E-state index in [1.165, 1.54) is 17.5 Å². The zero-order valence-electron chi connectivity index (χ0n) is 10.1. The van der Waals surface area contributed by atoms with Crippen LogP contribution in [0.5, 0.6) is 0 Å². The summed E-state index contributed by atoms with van der Waals surface area (Å²) >= 11 is 0. The molecule has 0 amide bonds. The molecule has 94 valence electrons. The van der Waals surface area contributed by atoms with Gasteiger partial charge in [-0.1, -0.05) is 24.3 Å². The molecule has 0 fully saturated rings. The van der Waals surface area contributed by atoms with E-state index in [2.05, 4.69) is 24.3 Å². The minimum absolute atomic E-state index is 0.290. The van der Waals surface area contributed by atoms with Gasteiger partial charge in [0.05, 0.1) is 12.9 Å². The molecule has 3 nitrogen and oxygen atoms in total. The Labute approximate surface area is 103 Å². The SMILES string of the molecule is CS(=O)(=O)OCCC1CCCc2ccccc21. The van der Waals surface area contributed by atoms with E-state index in [1.54, 1.807) is 0 Å². The van der Waals surface area contributed by atoms with Crippen LogP contribution in [-0.2, 0) is 20.7 Å². The zero-order valence-corrected chi connectivity index (χ0v) is 10.9. The van der Waals surface area contributed by atoms with Crippen molar-refractivity contribution in [2.75, 3.05) is 12.9 Å². The lowest BCUT2D eigenvalue weighted by molar-refractivity contribution is 0.296. The summed E-state index contributed by atoms with van der Waals surface area (Å²) in [5.41, 5.74) is 2.78. The normalized spacial score (nSPS) is 19.9. The summed E-state index contributed by atoms with van der Waals surface area (Å²) in [5, 5.41) is 0. The quantitative estimate of drug-likeness (QED) is 0.775. The predicted molar refractivity (Wildman–Crippen MR) is 67.5 cm³/mol. The van der Waals surface area contributed by atoms with Gasteiger partial charge in [-0.2, -0.15) is 8.42 Å². The van der Waals surface area contributed by atoms with E-state index >= 15 is 0 Å². The molecular weight excluding hydrogens is 236 g/mol. The summed E-state index contributed by atoms with van der Waals surface area (Å²) in [7, 11) is -3.30. The van der Waals surface area contributed by atoms with Crippen molar-refractivity contribution in [3.63, 3.8) is 0 Å². The molecule has 0 radical (unpaired) electrons. The monoisotopic (exact) mass is 254 g/mol. The van der Waals surface area contributed by atoms with Crippen molar-refractivity contribution in [2.24, 2.45) is 0 Å². The highest BCUT2D eigenvalue weighted by Crippen LogP contribution is 2.33. The van der Waals surface area contributed by atoms with E-state index in [-0.39, 0.29) is 6.61 Å². The van der Waals surface area contributed by atoms with Crippen molar-refractivity contribution >= 4 is 10.1 Å². The molecule has 1 unspecified atom stereocenters. The molecule has 0 saturated heterocycles. The summed E-state index contributed by atoms with van der Waals surface area (Å²) < 4.78 is 26.6. The van der Waals surface area contributed by atoms with E-state index < -0.39 is 10.1 Å². The average molecular weight is 254 g/mol. The maximum atomic E-state index is 10.9. The molecule has 1 aromatic rings. The molecule has 0 spiro atoms. The summed E-state index contributed by atoms with van der Waals surface area (Å²) in [6, 6.07) is 8.43. The highest BCUT2D eigenvalue weighted by Gasteiger charge is 2.19. The summed E-state index contributed by atoms with van der Waals surface area (Å²) in [4.78, 5) is 0. The zero-order chi connectivity index (χ0) is 12.3. The number of aryl methyl sites for hydroxylation is 1. The van der Waals surface area contributed by atoms with Gasteiger partial charge < -0.3 is 0 Å². The van der Waals surface area contributed by atoms with Crippen LogP contribution in [0, 0.1) is 0 Å². The van der Waals surface area contributed by atoms with Crippen LogP contribution in [0.3, 0.4) is 0 Å². The molecule has 17 heavy (non-hydrogen) atoms. The summed E-state index contributed by atoms with van der Waals surface area (Å²) in [6.45, 7) is 0.290. The van der Waals surface area contributed by atoms with Crippen molar-refractivity contribution in [1.82, 2.24) is 0 Å². The van der Waals surface area contributed by atoms with Gasteiger partial charge in [-0.3, -0.25) is 4.18 Å². The van der Waals surface area contributed by atoms with Crippen LogP contribution in [0.2, 0.25) is 0 Å². The molecule has 0 N–H and O–H groups in total. The number of benzene rings is 1. The highest BCUT2D eigenvalue weighted by atomic mass is 32.2. The minimum atomic E-state index is -3.30. The van der Waals surface area contributed by atoms with Gasteiger partial charge in [0, 0.05) is 0 Å². The number of hydrogen-bond acceptors (Lipinski definition) is 3. The Bertz CT molecular complexity index is 479. The molecule has 0 bridgehead atoms. The first-order chi connectivity index (χ1) is 8.06. The largest absolute Gasteiger partial charge is 0.270 e. The van der Waals surface area contributed by atoms with Crippen molar-refractivity contribution in [1.29, 1.82) is 0 Å². The molecule has 1 aliphatic rings. The molecule has 1 aliphatic carbocycles. The molecule has 0 aliphatic heterocycles. The van der Waals surface area contributed by atoms with Crippen LogP contribution < -0.4 is 0 Å². The third kappa shape index (κ3) is 3.54. The lowest BCUT2D eigenvalue weighted by atomic mass is 9.81.